The minimum atomic E-state index is -0.108. The Balaban J connectivity index is 0.000000219. The summed E-state index contributed by atoms with van der Waals surface area (Å²) in [5.74, 6) is 0. The number of hydrogen-bond acceptors (Lipinski definition) is 0. The number of hydrogen-bond donors (Lipinski definition) is 0. The molecule has 0 aromatic heterocycles. The third-order valence-electron chi connectivity index (χ3n) is 9.41. The van der Waals surface area contributed by atoms with Crippen LogP contribution in [0.5, 0.6) is 0 Å². The van der Waals surface area contributed by atoms with Crippen LogP contribution in [0.3, 0.4) is 0 Å². The molecule has 68 heavy (non-hydrogen) atoms. The first-order valence-electron chi connectivity index (χ1n) is 22.9. The number of rotatable bonds is 11. The van der Waals surface area contributed by atoms with E-state index in [1.165, 1.54) is 53.1 Å². The summed E-state index contributed by atoms with van der Waals surface area (Å²) in [5, 5.41) is 0. The molecule has 0 saturated heterocycles. The molecule has 0 aliphatic rings. The molecule has 0 N–H and O–H groups in total. The molecule has 8 radical (unpaired) electrons. The predicted molar refractivity (Wildman–Crippen MR) is 313 cm³/mol. The van der Waals surface area contributed by atoms with Gasteiger partial charge in [0.1, 0.15) is 0 Å². The van der Waals surface area contributed by atoms with E-state index in [2.05, 4.69) is 288 Å². The van der Waals surface area contributed by atoms with Crippen molar-refractivity contribution in [1.29, 1.82) is 0 Å². The summed E-state index contributed by atoms with van der Waals surface area (Å²) in [4.78, 5) is 0. The van der Waals surface area contributed by atoms with Crippen molar-refractivity contribution in [1.82, 2.24) is 0 Å². The Labute approximate surface area is 453 Å². The summed E-state index contributed by atoms with van der Waals surface area (Å²) >= 11 is -0.431. The van der Waals surface area contributed by atoms with Crippen LogP contribution in [0.25, 0.3) is 0 Å². The Hall–Kier alpha value is -3.30. The van der Waals surface area contributed by atoms with Gasteiger partial charge >= 0.3 is 361 Å². The Morgan fingerprint density at radius 2 is 0.368 bits per heavy atom. The molecule has 342 valence electrons. The second-order valence-corrected chi connectivity index (χ2v) is 33.6. The Bertz CT molecular complexity index is 2030. The third kappa shape index (κ3) is 29.7. The molecule has 0 fully saturated rings. The van der Waals surface area contributed by atoms with Crippen LogP contribution in [0.2, 0.25) is 0 Å². The summed E-state index contributed by atoms with van der Waals surface area (Å²) < 4.78 is 12.0. The summed E-state index contributed by atoms with van der Waals surface area (Å²) in [7, 11) is 0.191. The van der Waals surface area contributed by atoms with Crippen molar-refractivity contribution in [2.45, 2.75) is 6.92 Å². The topological polar surface area (TPSA) is 0 Å². The van der Waals surface area contributed by atoms with Gasteiger partial charge in [0, 0.05) is 26.7 Å². The van der Waals surface area contributed by atoms with E-state index < -0.39 is 0 Å². The van der Waals surface area contributed by atoms with Crippen LogP contribution in [0.15, 0.2) is 273 Å². The zero-order valence-corrected chi connectivity index (χ0v) is 52.9. The van der Waals surface area contributed by atoms with Crippen LogP contribution in [-0.4, -0.2) is 101 Å². The molecule has 0 heterocycles. The SMILES string of the molecule is C[PH+](C)CC[PH+](C)C.Cc1ccccc1.[Pt+2].c1cc[c]([Ge][c]2ccccc2)cc1.c1cc[c]([Ge][c]2ccccc2)cc1.c1cc[c]([Ge][c]2ccccc2)cc1.c1cc[c]([Ge][c]2ccccc2)cc1. The van der Waals surface area contributed by atoms with Crippen molar-refractivity contribution in [3.63, 3.8) is 0 Å². The third-order valence-corrected chi connectivity index (χ3v) is 22.9. The first-order chi connectivity index (χ1) is 32.8. The molecule has 0 amide bonds. The van der Waals surface area contributed by atoms with Gasteiger partial charge in [0.15, 0.2) is 0 Å². The molecular weight excluding hydrogens is 1280 g/mol. The van der Waals surface area contributed by atoms with Crippen molar-refractivity contribution in [2.24, 2.45) is 0 Å². The molecule has 0 saturated carbocycles. The van der Waals surface area contributed by atoms with Gasteiger partial charge in [-0.1, -0.05) is 35.9 Å². The van der Waals surface area contributed by atoms with Gasteiger partial charge in [0.2, 0.25) is 0 Å². The average Bonchev–Trinajstić information content (AvgIpc) is 3.37. The van der Waals surface area contributed by atoms with Crippen LogP contribution in [0.4, 0.5) is 0 Å². The maximum atomic E-state index is 2.40. The van der Waals surface area contributed by atoms with E-state index in [1.54, 1.807) is 0 Å². The van der Waals surface area contributed by atoms with Crippen LogP contribution in [0.1, 0.15) is 5.56 Å². The van der Waals surface area contributed by atoms with E-state index in [0.29, 0.717) is 0 Å². The van der Waals surface area contributed by atoms with Crippen molar-refractivity contribution >= 4 is 113 Å². The molecule has 9 rings (SSSR count). The van der Waals surface area contributed by atoms with Crippen LogP contribution < -0.4 is 35.2 Å². The molecule has 0 spiro atoms. The second-order valence-electron chi connectivity index (χ2n) is 16.0. The van der Waals surface area contributed by atoms with Crippen molar-refractivity contribution in [2.75, 3.05) is 39.0 Å². The first kappa shape index (κ1) is 59.0. The Kier molecular flexibility index (Phi) is 33.4. The van der Waals surface area contributed by atoms with E-state index >= 15 is 0 Å². The first-order valence-corrected chi connectivity index (χ1v) is 36.7. The van der Waals surface area contributed by atoms with Crippen LogP contribution in [-0.2, 0) is 21.1 Å². The van der Waals surface area contributed by atoms with E-state index in [9.17, 15) is 0 Å². The molecule has 0 aliphatic carbocycles. The normalized spacial score (nSPS) is 9.75. The van der Waals surface area contributed by atoms with Gasteiger partial charge in [-0.25, -0.2) is 0 Å². The van der Waals surface area contributed by atoms with E-state index in [-0.39, 0.29) is 98.6 Å². The Morgan fingerprint density at radius 3 is 0.471 bits per heavy atom. The van der Waals surface area contributed by atoms with Gasteiger partial charge in [-0.05, 0) is 22.8 Å². The van der Waals surface area contributed by atoms with Gasteiger partial charge in [0.05, 0.1) is 12.3 Å². The van der Waals surface area contributed by atoms with Gasteiger partial charge in [-0.15, -0.1) is 0 Å². The number of aryl methyl sites for hydroxylation is 1. The summed E-state index contributed by atoms with van der Waals surface area (Å²) in [6.07, 6.45) is 3.07. The van der Waals surface area contributed by atoms with Gasteiger partial charge in [0.25, 0.3) is 0 Å². The monoisotopic (exact) mass is 1350 g/mol. The zero-order chi connectivity index (χ0) is 47.4. The van der Waals surface area contributed by atoms with Crippen molar-refractivity contribution in [3.8, 4) is 0 Å². The summed E-state index contributed by atoms with van der Waals surface area (Å²) in [6.45, 7) is 11.7. The standard InChI is InChI=1S/4C12H10Ge.C7H8.C6H16P2.Pt/c4*1-3-7-11(8-4-1)13-12-9-5-2-6-10-12;1-7-5-3-2-4-6-7;1-7(2)5-6-8(3)4;/h4*1-10H;2-6H,1H3;5-6H2,1-4H3;/q;;;;;;+2/p+2. The predicted octanol–water partition coefficient (Wildman–Crippen LogP) is 9.29. The number of benzene rings is 9. The average molecular weight is 1350 g/mol. The molecule has 0 bridgehead atoms. The van der Waals surface area contributed by atoms with Crippen molar-refractivity contribution < 1.29 is 21.1 Å². The van der Waals surface area contributed by atoms with E-state index in [4.69, 9.17) is 0 Å². The molecule has 0 atom stereocenters. The van der Waals surface area contributed by atoms with Crippen LogP contribution in [0, 0.1) is 6.92 Å². The quantitative estimate of drug-likeness (QED) is 0.0896. The fraction of sp³-hybridized carbons (Fsp3) is 0.115. The molecule has 0 nitrogen and oxygen atoms in total. The minimum absolute atomic E-state index is 0. The molecule has 9 aromatic carbocycles. The van der Waals surface area contributed by atoms with Crippen molar-refractivity contribution in [3.05, 3.63) is 279 Å². The van der Waals surface area contributed by atoms with Gasteiger partial charge < -0.3 is 0 Å². The fourth-order valence-corrected chi connectivity index (χ4v) is 18.7. The fourth-order valence-electron chi connectivity index (χ4n) is 5.87. The van der Waals surface area contributed by atoms with Gasteiger partial charge in [-0.2, -0.15) is 0 Å². The zero-order valence-electron chi connectivity index (χ0n) is 40.2. The van der Waals surface area contributed by atoms with Gasteiger partial charge in [-0.3, -0.25) is 0 Å². The molecular formula is C61H66Ge4P2Pt+4. The summed E-state index contributed by atoms with van der Waals surface area (Å²) in [5.41, 5.74) is 1.32. The molecule has 9 aromatic rings. The van der Waals surface area contributed by atoms with E-state index in [1.807, 2.05) is 18.2 Å². The molecule has 0 aliphatic heterocycles. The summed E-state index contributed by atoms with van der Waals surface area (Å²) in [6, 6.07) is 96.1. The van der Waals surface area contributed by atoms with Crippen LogP contribution >= 0.6 is 15.8 Å². The molecule has 7 heteroatoms. The second kappa shape index (κ2) is 38.5. The maximum absolute atomic E-state index is 2.40. The molecule has 0 unspecified atom stereocenters. The van der Waals surface area contributed by atoms with E-state index in [0.717, 1.165) is 0 Å². The Morgan fingerprint density at radius 1 is 0.235 bits per heavy atom.